The molecule has 8 heteroatoms. The van der Waals surface area contributed by atoms with Crippen LogP contribution >= 0.6 is 0 Å². The van der Waals surface area contributed by atoms with Crippen molar-refractivity contribution in [3.63, 3.8) is 0 Å². The molecule has 0 heterocycles. The van der Waals surface area contributed by atoms with Crippen molar-refractivity contribution in [1.82, 2.24) is 0 Å². The number of carboxylic acid groups (broad SMARTS) is 1. The summed E-state index contributed by atoms with van der Waals surface area (Å²) in [5.74, 6) is -2.62. The number of esters is 2. The zero-order valence-corrected chi connectivity index (χ0v) is 15.2. The second-order valence-corrected chi connectivity index (χ2v) is 5.85. The van der Waals surface area contributed by atoms with Crippen molar-refractivity contribution in [2.45, 2.75) is 64.8 Å². The molecule has 3 atom stereocenters. The number of hydrogen-bond donors (Lipinski definition) is 2. The van der Waals surface area contributed by atoms with E-state index in [9.17, 15) is 24.3 Å². The molecule has 0 rings (SSSR count). The Kier molecular flexibility index (Phi) is 11.6. The Labute approximate surface area is 152 Å². The summed E-state index contributed by atoms with van der Waals surface area (Å²) < 4.78 is 9.98. The molecule has 0 saturated carbocycles. The molecule has 0 aliphatic rings. The van der Waals surface area contributed by atoms with Gasteiger partial charge in [-0.05, 0) is 45.3 Å². The zero-order chi connectivity index (χ0) is 20.1. The third kappa shape index (κ3) is 13.9. The van der Waals surface area contributed by atoms with Crippen molar-refractivity contribution in [2.75, 3.05) is 0 Å². The molecule has 0 amide bonds. The van der Waals surface area contributed by atoms with E-state index in [1.54, 1.807) is 13.8 Å². The van der Waals surface area contributed by atoms with Crippen LogP contribution in [0.2, 0.25) is 0 Å². The molecule has 0 fully saturated rings. The molecule has 0 spiro atoms. The average molecular weight is 370 g/mol. The van der Waals surface area contributed by atoms with E-state index in [2.05, 4.69) is 0 Å². The number of carbonyl (C=O) groups is 4. The van der Waals surface area contributed by atoms with Crippen molar-refractivity contribution in [3.05, 3.63) is 24.3 Å². The Morgan fingerprint density at radius 1 is 0.923 bits per heavy atom. The van der Waals surface area contributed by atoms with E-state index in [-0.39, 0.29) is 24.7 Å². The SMILES string of the molecule is CC(=O)OC(C)CCC(O)C=CC(=O)OC(C)CCC(=O)C=CC(=O)O. The number of aliphatic hydroxyl groups is 1. The van der Waals surface area contributed by atoms with Crippen molar-refractivity contribution >= 4 is 23.7 Å². The number of aliphatic carboxylic acids is 1. The summed E-state index contributed by atoms with van der Waals surface area (Å²) in [4.78, 5) is 44.1. The maximum Gasteiger partial charge on any atom is 0.330 e. The maximum absolute atomic E-state index is 11.6. The number of rotatable bonds is 12. The minimum absolute atomic E-state index is 0.0542. The normalized spacial score (nSPS) is 14.8. The van der Waals surface area contributed by atoms with Gasteiger partial charge in [0.05, 0.1) is 18.3 Å². The largest absolute Gasteiger partial charge is 0.478 e. The first-order valence-corrected chi connectivity index (χ1v) is 8.28. The van der Waals surface area contributed by atoms with Gasteiger partial charge in [-0.2, -0.15) is 0 Å². The summed E-state index contributed by atoms with van der Waals surface area (Å²) in [6.07, 6.45) is 3.45. The Balaban J connectivity index is 4.11. The van der Waals surface area contributed by atoms with Crippen LogP contribution in [0.4, 0.5) is 0 Å². The van der Waals surface area contributed by atoms with Crippen molar-refractivity contribution < 1.29 is 38.9 Å². The summed E-state index contributed by atoms with van der Waals surface area (Å²) in [6, 6.07) is 0. The Morgan fingerprint density at radius 2 is 1.54 bits per heavy atom. The van der Waals surface area contributed by atoms with Crippen LogP contribution in [0.5, 0.6) is 0 Å². The highest BCUT2D eigenvalue weighted by Gasteiger charge is 2.11. The molecule has 0 bridgehead atoms. The first kappa shape index (κ1) is 23.5. The van der Waals surface area contributed by atoms with Gasteiger partial charge in [0.2, 0.25) is 0 Å². The molecule has 0 aliphatic heterocycles. The van der Waals surface area contributed by atoms with Gasteiger partial charge in [0.15, 0.2) is 5.78 Å². The molecular formula is C18H26O8. The lowest BCUT2D eigenvalue weighted by atomic mass is 10.1. The standard InChI is InChI=1S/C18H26O8/c1-12(25-14(3)19)4-6-16(21)9-11-18(24)26-13(2)5-7-15(20)8-10-17(22)23/h8-13,16,21H,4-7H2,1-3H3,(H,22,23). The molecule has 26 heavy (non-hydrogen) atoms. The molecule has 0 saturated heterocycles. The van der Waals surface area contributed by atoms with Crippen LogP contribution in [0.3, 0.4) is 0 Å². The van der Waals surface area contributed by atoms with Gasteiger partial charge in [-0.1, -0.05) is 0 Å². The highest BCUT2D eigenvalue weighted by Crippen LogP contribution is 2.07. The minimum atomic E-state index is -1.20. The van der Waals surface area contributed by atoms with E-state index in [4.69, 9.17) is 14.6 Å². The van der Waals surface area contributed by atoms with Crippen LogP contribution in [0.25, 0.3) is 0 Å². The molecule has 0 aliphatic carbocycles. The topological polar surface area (TPSA) is 127 Å². The third-order valence-corrected chi connectivity index (χ3v) is 3.22. The third-order valence-electron chi connectivity index (χ3n) is 3.22. The zero-order valence-electron chi connectivity index (χ0n) is 15.2. The summed E-state index contributed by atoms with van der Waals surface area (Å²) in [5, 5.41) is 18.2. The average Bonchev–Trinajstić information content (AvgIpc) is 2.53. The van der Waals surface area contributed by atoms with Crippen molar-refractivity contribution in [1.29, 1.82) is 0 Å². The first-order chi connectivity index (χ1) is 12.1. The lowest BCUT2D eigenvalue weighted by Crippen LogP contribution is -2.16. The first-order valence-electron chi connectivity index (χ1n) is 8.28. The second-order valence-electron chi connectivity index (χ2n) is 5.85. The summed E-state index contributed by atoms with van der Waals surface area (Å²) in [6.45, 7) is 4.62. The monoisotopic (exact) mass is 370 g/mol. The van der Waals surface area contributed by atoms with Crippen LogP contribution in [-0.2, 0) is 28.7 Å². The predicted octanol–water partition coefficient (Wildman–Crippen LogP) is 1.56. The number of carbonyl (C=O) groups excluding carboxylic acids is 3. The number of hydrogen-bond acceptors (Lipinski definition) is 7. The summed E-state index contributed by atoms with van der Waals surface area (Å²) in [5.41, 5.74) is 0. The van der Waals surface area contributed by atoms with E-state index >= 15 is 0 Å². The van der Waals surface area contributed by atoms with Gasteiger partial charge in [0, 0.05) is 25.5 Å². The fraction of sp³-hybridized carbons (Fsp3) is 0.556. The van der Waals surface area contributed by atoms with Crippen molar-refractivity contribution in [2.24, 2.45) is 0 Å². The number of carboxylic acids is 1. The minimum Gasteiger partial charge on any atom is -0.478 e. The molecule has 0 aromatic carbocycles. The van der Waals surface area contributed by atoms with Gasteiger partial charge in [0.25, 0.3) is 0 Å². The lowest BCUT2D eigenvalue weighted by Gasteiger charge is -2.13. The van der Waals surface area contributed by atoms with Gasteiger partial charge in [0.1, 0.15) is 0 Å². The van der Waals surface area contributed by atoms with Crippen molar-refractivity contribution in [3.8, 4) is 0 Å². The number of ether oxygens (including phenoxy) is 2. The van der Waals surface area contributed by atoms with Gasteiger partial charge >= 0.3 is 17.9 Å². The second kappa shape index (κ2) is 12.8. The molecule has 2 N–H and O–H groups in total. The van der Waals surface area contributed by atoms with E-state index in [1.165, 1.54) is 13.0 Å². The highest BCUT2D eigenvalue weighted by atomic mass is 16.5. The molecular weight excluding hydrogens is 344 g/mol. The number of aliphatic hydroxyl groups excluding tert-OH is 1. The van der Waals surface area contributed by atoms with Crippen LogP contribution < -0.4 is 0 Å². The fourth-order valence-electron chi connectivity index (χ4n) is 1.92. The Bertz CT molecular complexity index is 549. The lowest BCUT2D eigenvalue weighted by molar-refractivity contribution is -0.146. The van der Waals surface area contributed by atoms with Gasteiger partial charge in [-0.15, -0.1) is 0 Å². The maximum atomic E-state index is 11.6. The summed E-state index contributed by atoms with van der Waals surface area (Å²) >= 11 is 0. The number of allylic oxidation sites excluding steroid dienone is 1. The van der Waals surface area contributed by atoms with Gasteiger partial charge in [-0.3, -0.25) is 9.59 Å². The molecule has 0 radical (unpaired) electrons. The van der Waals surface area contributed by atoms with Gasteiger partial charge < -0.3 is 19.7 Å². The van der Waals surface area contributed by atoms with E-state index in [0.29, 0.717) is 12.8 Å². The Hall–Kier alpha value is -2.48. The Morgan fingerprint density at radius 3 is 2.12 bits per heavy atom. The van der Waals surface area contributed by atoms with Crippen LogP contribution in [0.1, 0.15) is 46.5 Å². The molecule has 146 valence electrons. The fourth-order valence-corrected chi connectivity index (χ4v) is 1.92. The highest BCUT2D eigenvalue weighted by molar-refractivity contribution is 5.95. The van der Waals surface area contributed by atoms with Crippen LogP contribution in [0, 0.1) is 0 Å². The summed E-state index contributed by atoms with van der Waals surface area (Å²) in [7, 11) is 0. The molecule has 0 aromatic rings. The van der Waals surface area contributed by atoms with Gasteiger partial charge in [-0.25, -0.2) is 9.59 Å². The molecule has 0 aromatic heterocycles. The van der Waals surface area contributed by atoms with E-state index in [0.717, 1.165) is 18.2 Å². The van der Waals surface area contributed by atoms with Crippen LogP contribution in [-0.4, -0.2) is 52.2 Å². The smallest absolute Gasteiger partial charge is 0.330 e. The quantitative estimate of drug-likeness (QED) is 0.391. The van der Waals surface area contributed by atoms with Crippen LogP contribution in [0.15, 0.2) is 24.3 Å². The molecule has 3 unspecified atom stereocenters. The molecule has 8 nitrogen and oxygen atoms in total. The predicted molar refractivity (Wildman–Crippen MR) is 92.2 cm³/mol. The number of ketones is 1. The van der Waals surface area contributed by atoms with E-state index < -0.39 is 30.1 Å². The van der Waals surface area contributed by atoms with E-state index in [1.807, 2.05) is 0 Å².